The van der Waals surface area contributed by atoms with Gasteiger partial charge in [0.25, 0.3) is 0 Å². The standard InChI is InChI=1S/C16H26ClNO3/c1-12(2)11-18-8-10-21-9-7-13-5-6-14(19-3)15(17)16(13)20-4/h5-6,12,18H,7-11H2,1-4H3. The molecule has 1 N–H and O–H groups in total. The van der Waals surface area contributed by atoms with Crippen LogP contribution < -0.4 is 14.8 Å². The average molecular weight is 316 g/mol. The van der Waals surface area contributed by atoms with Crippen molar-refractivity contribution in [3.8, 4) is 11.5 Å². The first-order chi connectivity index (χ1) is 10.1. The zero-order valence-electron chi connectivity index (χ0n) is 13.4. The summed E-state index contributed by atoms with van der Waals surface area (Å²) in [6, 6.07) is 3.81. The Bertz CT molecular complexity index is 424. The molecular formula is C16H26ClNO3. The molecule has 0 saturated heterocycles. The Balaban J connectivity index is 2.37. The fourth-order valence-electron chi connectivity index (χ4n) is 1.97. The molecule has 0 aromatic heterocycles. The number of methoxy groups -OCH3 is 2. The smallest absolute Gasteiger partial charge is 0.144 e. The lowest BCUT2D eigenvalue weighted by molar-refractivity contribution is 0.138. The van der Waals surface area contributed by atoms with Crippen molar-refractivity contribution >= 4 is 11.6 Å². The average Bonchev–Trinajstić information content (AvgIpc) is 2.46. The van der Waals surface area contributed by atoms with Crippen molar-refractivity contribution < 1.29 is 14.2 Å². The molecule has 0 bridgehead atoms. The molecule has 120 valence electrons. The second kappa shape index (κ2) is 9.87. The van der Waals surface area contributed by atoms with E-state index in [1.807, 2.05) is 12.1 Å². The van der Waals surface area contributed by atoms with Gasteiger partial charge in [-0.2, -0.15) is 0 Å². The van der Waals surface area contributed by atoms with E-state index in [1.54, 1.807) is 14.2 Å². The molecule has 0 aliphatic carbocycles. The van der Waals surface area contributed by atoms with Crippen molar-refractivity contribution in [3.05, 3.63) is 22.7 Å². The summed E-state index contributed by atoms with van der Waals surface area (Å²) >= 11 is 6.22. The van der Waals surface area contributed by atoms with Crippen LogP contribution in [0.3, 0.4) is 0 Å². The minimum atomic E-state index is 0.510. The molecule has 0 radical (unpaired) electrons. The van der Waals surface area contributed by atoms with Crippen LogP contribution in [0, 0.1) is 5.92 Å². The summed E-state index contributed by atoms with van der Waals surface area (Å²) in [4.78, 5) is 0. The van der Waals surface area contributed by atoms with Crippen LogP contribution in [0.4, 0.5) is 0 Å². The molecule has 5 heteroatoms. The third-order valence-corrected chi connectivity index (χ3v) is 3.42. The molecule has 1 rings (SSSR count). The number of hydrogen-bond donors (Lipinski definition) is 1. The van der Waals surface area contributed by atoms with Crippen LogP contribution in [0.15, 0.2) is 12.1 Å². The molecule has 0 fully saturated rings. The fraction of sp³-hybridized carbons (Fsp3) is 0.625. The van der Waals surface area contributed by atoms with Crippen molar-refractivity contribution in [1.29, 1.82) is 0 Å². The van der Waals surface area contributed by atoms with Gasteiger partial charge in [-0.1, -0.05) is 31.5 Å². The molecule has 21 heavy (non-hydrogen) atoms. The molecule has 0 aliphatic heterocycles. The first kappa shape index (κ1) is 18.1. The van der Waals surface area contributed by atoms with Crippen molar-refractivity contribution in [2.45, 2.75) is 20.3 Å². The van der Waals surface area contributed by atoms with Gasteiger partial charge < -0.3 is 19.5 Å². The van der Waals surface area contributed by atoms with E-state index in [0.29, 0.717) is 35.7 Å². The van der Waals surface area contributed by atoms with Gasteiger partial charge in [-0.25, -0.2) is 0 Å². The Morgan fingerprint density at radius 1 is 1.14 bits per heavy atom. The van der Waals surface area contributed by atoms with Crippen molar-refractivity contribution in [3.63, 3.8) is 0 Å². The fourth-order valence-corrected chi connectivity index (χ4v) is 2.31. The monoisotopic (exact) mass is 315 g/mol. The Labute approximate surface area is 132 Å². The summed E-state index contributed by atoms with van der Waals surface area (Å²) in [5.41, 5.74) is 1.03. The minimum absolute atomic E-state index is 0.510. The van der Waals surface area contributed by atoms with Gasteiger partial charge in [0.15, 0.2) is 0 Å². The van der Waals surface area contributed by atoms with Crippen LogP contribution in [0.2, 0.25) is 5.02 Å². The maximum Gasteiger partial charge on any atom is 0.144 e. The number of rotatable bonds is 10. The number of hydrogen-bond acceptors (Lipinski definition) is 4. The van der Waals surface area contributed by atoms with Crippen LogP contribution >= 0.6 is 11.6 Å². The highest BCUT2D eigenvalue weighted by atomic mass is 35.5. The predicted molar refractivity (Wildman–Crippen MR) is 86.8 cm³/mol. The largest absolute Gasteiger partial charge is 0.495 e. The van der Waals surface area contributed by atoms with E-state index in [9.17, 15) is 0 Å². The van der Waals surface area contributed by atoms with E-state index < -0.39 is 0 Å². The van der Waals surface area contributed by atoms with Gasteiger partial charge in [0.1, 0.15) is 16.5 Å². The van der Waals surface area contributed by atoms with E-state index in [0.717, 1.165) is 25.1 Å². The van der Waals surface area contributed by atoms with Gasteiger partial charge >= 0.3 is 0 Å². The van der Waals surface area contributed by atoms with E-state index in [4.69, 9.17) is 25.8 Å². The summed E-state index contributed by atoms with van der Waals surface area (Å²) in [5, 5.41) is 3.85. The van der Waals surface area contributed by atoms with Gasteiger partial charge in [0, 0.05) is 6.54 Å². The zero-order chi connectivity index (χ0) is 15.7. The number of benzene rings is 1. The van der Waals surface area contributed by atoms with E-state index in [2.05, 4.69) is 19.2 Å². The lowest BCUT2D eigenvalue weighted by atomic mass is 10.1. The molecule has 4 nitrogen and oxygen atoms in total. The van der Waals surface area contributed by atoms with Gasteiger partial charge in [-0.3, -0.25) is 0 Å². The van der Waals surface area contributed by atoms with Crippen LogP contribution in [0.1, 0.15) is 19.4 Å². The third-order valence-electron chi connectivity index (χ3n) is 3.06. The highest BCUT2D eigenvalue weighted by Crippen LogP contribution is 2.36. The normalized spacial score (nSPS) is 11.0. The van der Waals surface area contributed by atoms with E-state index in [-0.39, 0.29) is 0 Å². The topological polar surface area (TPSA) is 39.7 Å². The number of nitrogens with one attached hydrogen (secondary N) is 1. The van der Waals surface area contributed by atoms with Crippen molar-refractivity contribution in [2.24, 2.45) is 5.92 Å². The first-order valence-corrected chi connectivity index (χ1v) is 7.65. The molecule has 0 saturated carbocycles. The lowest BCUT2D eigenvalue weighted by Crippen LogP contribution is -2.24. The summed E-state index contributed by atoms with van der Waals surface area (Å²) in [5.74, 6) is 1.95. The lowest BCUT2D eigenvalue weighted by Gasteiger charge is -2.13. The third kappa shape index (κ3) is 6.12. The highest BCUT2D eigenvalue weighted by Gasteiger charge is 2.12. The predicted octanol–water partition coefficient (Wildman–Crippen LogP) is 3.16. The molecule has 0 atom stereocenters. The van der Waals surface area contributed by atoms with Crippen molar-refractivity contribution in [1.82, 2.24) is 5.32 Å². The minimum Gasteiger partial charge on any atom is -0.495 e. The van der Waals surface area contributed by atoms with Crippen LogP contribution in [-0.4, -0.2) is 40.5 Å². The number of halogens is 1. The van der Waals surface area contributed by atoms with Gasteiger partial charge in [0.2, 0.25) is 0 Å². The Morgan fingerprint density at radius 3 is 2.52 bits per heavy atom. The van der Waals surface area contributed by atoms with Crippen LogP contribution in [0.25, 0.3) is 0 Å². The highest BCUT2D eigenvalue weighted by molar-refractivity contribution is 6.33. The maximum absolute atomic E-state index is 6.22. The van der Waals surface area contributed by atoms with Gasteiger partial charge in [0.05, 0.1) is 27.4 Å². The summed E-state index contributed by atoms with van der Waals surface area (Å²) in [6.45, 7) is 7.62. The van der Waals surface area contributed by atoms with Gasteiger partial charge in [-0.05, 0) is 30.5 Å². The molecule has 0 amide bonds. The quantitative estimate of drug-likeness (QED) is 0.673. The summed E-state index contributed by atoms with van der Waals surface area (Å²) < 4.78 is 16.2. The molecule has 0 heterocycles. The molecular weight excluding hydrogens is 290 g/mol. The van der Waals surface area contributed by atoms with E-state index >= 15 is 0 Å². The molecule has 0 unspecified atom stereocenters. The number of ether oxygens (including phenoxy) is 3. The first-order valence-electron chi connectivity index (χ1n) is 7.28. The van der Waals surface area contributed by atoms with Crippen LogP contribution in [0.5, 0.6) is 11.5 Å². The van der Waals surface area contributed by atoms with Gasteiger partial charge in [-0.15, -0.1) is 0 Å². The van der Waals surface area contributed by atoms with Crippen LogP contribution in [-0.2, 0) is 11.2 Å². The van der Waals surface area contributed by atoms with E-state index in [1.165, 1.54) is 0 Å². The Hall–Kier alpha value is -0.970. The molecule has 1 aromatic carbocycles. The summed E-state index contributed by atoms with van der Waals surface area (Å²) in [6.07, 6.45) is 0.761. The van der Waals surface area contributed by atoms with Crippen molar-refractivity contribution in [2.75, 3.05) is 40.5 Å². The second-order valence-corrected chi connectivity index (χ2v) is 5.61. The second-order valence-electron chi connectivity index (χ2n) is 5.23. The molecule has 1 aromatic rings. The zero-order valence-corrected chi connectivity index (χ0v) is 14.1. The Morgan fingerprint density at radius 2 is 1.90 bits per heavy atom. The molecule has 0 aliphatic rings. The Kier molecular flexibility index (Phi) is 8.50. The SMILES string of the molecule is COc1ccc(CCOCCNCC(C)C)c(OC)c1Cl. The summed E-state index contributed by atoms with van der Waals surface area (Å²) in [7, 11) is 3.20. The molecule has 0 spiro atoms. The maximum atomic E-state index is 6.22.